The fraction of sp³-hybridized carbons (Fsp3) is 0.391. The van der Waals surface area contributed by atoms with Crippen LogP contribution in [0.5, 0.6) is 0 Å². The number of para-hydroxylation sites is 1. The van der Waals surface area contributed by atoms with Crippen molar-refractivity contribution in [1.82, 2.24) is 19.1 Å². The highest BCUT2D eigenvalue weighted by Crippen LogP contribution is 2.33. The zero-order valence-electron chi connectivity index (χ0n) is 17.7. The van der Waals surface area contributed by atoms with Gasteiger partial charge in [-0.2, -0.15) is 0 Å². The number of carbonyl (C=O) groups is 1. The third-order valence-corrected chi connectivity index (χ3v) is 7.23. The van der Waals surface area contributed by atoms with E-state index in [1.54, 1.807) is 11.5 Å². The summed E-state index contributed by atoms with van der Waals surface area (Å²) >= 11 is 1.54. The van der Waals surface area contributed by atoms with Gasteiger partial charge < -0.3 is 9.88 Å². The molecule has 7 nitrogen and oxygen atoms in total. The molecule has 5 rings (SSSR count). The zero-order chi connectivity index (χ0) is 21.5. The van der Waals surface area contributed by atoms with Gasteiger partial charge in [-0.3, -0.25) is 14.2 Å². The molecular weight excluding hydrogens is 410 g/mol. The van der Waals surface area contributed by atoms with E-state index in [1.165, 1.54) is 24.6 Å². The van der Waals surface area contributed by atoms with Crippen LogP contribution in [0.25, 0.3) is 11.3 Å². The van der Waals surface area contributed by atoms with E-state index in [-0.39, 0.29) is 23.9 Å². The van der Waals surface area contributed by atoms with Crippen molar-refractivity contribution >= 4 is 23.4 Å². The molecule has 0 spiro atoms. The lowest BCUT2D eigenvalue weighted by atomic mass is 10.1. The van der Waals surface area contributed by atoms with Gasteiger partial charge in [-0.15, -0.1) is 0 Å². The second-order valence-corrected chi connectivity index (χ2v) is 9.22. The number of hydrogen-bond donors (Lipinski definition) is 1. The highest BCUT2D eigenvalue weighted by molar-refractivity contribution is 7.99. The molecule has 0 unspecified atom stereocenters. The molecule has 3 aromatic rings. The molecule has 2 aromatic heterocycles. The molecule has 0 saturated carbocycles. The molecule has 0 aliphatic carbocycles. The maximum Gasteiger partial charge on any atom is 0.257 e. The van der Waals surface area contributed by atoms with Gasteiger partial charge in [-0.25, -0.2) is 9.97 Å². The smallest absolute Gasteiger partial charge is 0.257 e. The number of thioether (sulfide) groups is 1. The summed E-state index contributed by atoms with van der Waals surface area (Å²) in [7, 11) is 0. The van der Waals surface area contributed by atoms with Gasteiger partial charge >= 0.3 is 0 Å². The van der Waals surface area contributed by atoms with Gasteiger partial charge in [0.05, 0.1) is 17.4 Å². The number of aromatic nitrogens is 4. The van der Waals surface area contributed by atoms with E-state index in [4.69, 9.17) is 4.98 Å². The molecule has 1 aromatic carbocycles. The molecule has 2 aliphatic heterocycles. The number of carbonyl (C=O) groups excluding carboxylic acids is 1. The third kappa shape index (κ3) is 3.69. The Kier molecular flexibility index (Phi) is 5.17. The summed E-state index contributed by atoms with van der Waals surface area (Å²) in [5.41, 5.74) is 3.91. The molecular formula is C23H25N5O2S. The first-order valence-corrected chi connectivity index (χ1v) is 11.7. The zero-order valence-corrected chi connectivity index (χ0v) is 18.5. The number of amides is 1. The molecule has 31 heavy (non-hydrogen) atoms. The van der Waals surface area contributed by atoms with E-state index in [0.29, 0.717) is 16.5 Å². The molecule has 2 aliphatic rings. The van der Waals surface area contributed by atoms with Crippen LogP contribution in [-0.4, -0.2) is 30.8 Å². The number of nitrogens with one attached hydrogen (secondary N) is 1. The van der Waals surface area contributed by atoms with Crippen molar-refractivity contribution in [3.63, 3.8) is 0 Å². The van der Waals surface area contributed by atoms with Crippen molar-refractivity contribution in [2.75, 3.05) is 11.1 Å². The second-order valence-electron chi connectivity index (χ2n) is 8.24. The molecule has 1 atom stereocenters. The fourth-order valence-electron chi connectivity index (χ4n) is 4.30. The average Bonchev–Trinajstić information content (AvgIpc) is 3.36. The molecule has 0 fully saturated rings. The first-order valence-electron chi connectivity index (χ1n) is 10.7. The molecule has 1 amide bonds. The van der Waals surface area contributed by atoms with E-state index in [1.807, 2.05) is 31.2 Å². The monoisotopic (exact) mass is 435 g/mol. The summed E-state index contributed by atoms with van der Waals surface area (Å²) in [5, 5.41) is 3.76. The van der Waals surface area contributed by atoms with Crippen molar-refractivity contribution in [3.05, 3.63) is 57.9 Å². The predicted molar refractivity (Wildman–Crippen MR) is 122 cm³/mol. The number of benzene rings is 1. The van der Waals surface area contributed by atoms with Crippen LogP contribution >= 0.6 is 11.8 Å². The normalized spacial score (nSPS) is 17.3. The number of rotatable bonds is 4. The number of anilines is 1. The SMILES string of the molecule is Cc1nc2n(c(=O)c1C)[C@@H](CC(=O)Nc1ccccc1-c1cn3c(n1)CCCC3)CS2. The predicted octanol–water partition coefficient (Wildman–Crippen LogP) is 3.74. The minimum atomic E-state index is -0.189. The second kappa shape index (κ2) is 8.00. The Labute approximate surface area is 184 Å². The van der Waals surface area contributed by atoms with Crippen molar-refractivity contribution in [3.8, 4) is 11.3 Å². The number of hydrogen-bond acceptors (Lipinski definition) is 5. The van der Waals surface area contributed by atoms with Crippen molar-refractivity contribution in [1.29, 1.82) is 0 Å². The van der Waals surface area contributed by atoms with Gasteiger partial charge in [0.2, 0.25) is 5.91 Å². The highest BCUT2D eigenvalue weighted by atomic mass is 32.2. The lowest BCUT2D eigenvalue weighted by Gasteiger charge is -2.15. The summed E-state index contributed by atoms with van der Waals surface area (Å²) in [5.74, 6) is 1.67. The van der Waals surface area contributed by atoms with Crippen LogP contribution < -0.4 is 10.9 Å². The number of fused-ring (bicyclic) bond motifs is 2. The van der Waals surface area contributed by atoms with Gasteiger partial charge in [0, 0.05) is 48.2 Å². The Hall–Kier alpha value is -2.87. The summed E-state index contributed by atoms with van der Waals surface area (Å²) in [6.45, 7) is 4.64. The number of imidazole rings is 1. The van der Waals surface area contributed by atoms with Crippen LogP contribution in [0.4, 0.5) is 5.69 Å². The molecule has 8 heteroatoms. The van der Waals surface area contributed by atoms with E-state index in [9.17, 15) is 9.59 Å². The summed E-state index contributed by atoms with van der Waals surface area (Å²) in [6.07, 6.45) is 5.66. The first-order chi connectivity index (χ1) is 15.0. The van der Waals surface area contributed by atoms with Crippen molar-refractivity contribution < 1.29 is 4.79 Å². The van der Waals surface area contributed by atoms with Crippen molar-refractivity contribution in [2.24, 2.45) is 0 Å². The Bertz CT molecular complexity index is 1210. The molecule has 4 heterocycles. The van der Waals surface area contributed by atoms with Gasteiger partial charge in [0.25, 0.3) is 5.56 Å². The summed E-state index contributed by atoms with van der Waals surface area (Å²) in [4.78, 5) is 35.0. The average molecular weight is 436 g/mol. The molecule has 0 bridgehead atoms. The lowest BCUT2D eigenvalue weighted by Crippen LogP contribution is -2.29. The maximum absolute atomic E-state index is 12.9. The largest absolute Gasteiger partial charge is 0.334 e. The van der Waals surface area contributed by atoms with Crippen LogP contribution in [0.3, 0.4) is 0 Å². The fourth-order valence-corrected chi connectivity index (χ4v) is 5.48. The highest BCUT2D eigenvalue weighted by Gasteiger charge is 2.29. The van der Waals surface area contributed by atoms with Gasteiger partial charge in [0.15, 0.2) is 5.16 Å². The van der Waals surface area contributed by atoms with Crippen LogP contribution in [-0.2, 0) is 17.8 Å². The minimum absolute atomic E-state index is 0.0470. The minimum Gasteiger partial charge on any atom is -0.334 e. The Morgan fingerprint density at radius 2 is 2.06 bits per heavy atom. The first kappa shape index (κ1) is 20.1. The Morgan fingerprint density at radius 3 is 2.90 bits per heavy atom. The van der Waals surface area contributed by atoms with Crippen LogP contribution in [0.1, 0.15) is 42.4 Å². The number of nitrogens with zero attached hydrogens (tertiary/aromatic N) is 4. The van der Waals surface area contributed by atoms with Gasteiger partial charge in [0.1, 0.15) is 5.82 Å². The van der Waals surface area contributed by atoms with E-state index < -0.39 is 0 Å². The quantitative estimate of drug-likeness (QED) is 0.632. The van der Waals surface area contributed by atoms with Crippen LogP contribution in [0.15, 0.2) is 40.4 Å². The molecule has 0 saturated heterocycles. The number of aryl methyl sites for hydroxylation is 3. The Balaban J connectivity index is 1.37. The summed E-state index contributed by atoms with van der Waals surface area (Å²) in [6, 6.07) is 7.58. The molecule has 0 radical (unpaired) electrons. The van der Waals surface area contributed by atoms with Crippen LogP contribution in [0.2, 0.25) is 0 Å². The van der Waals surface area contributed by atoms with E-state index in [0.717, 1.165) is 41.4 Å². The standard InChI is InChI=1S/C23H25N5O2S/c1-14-15(2)24-23-28(22(14)30)16(13-31-23)11-21(29)26-18-8-4-3-7-17(18)19-12-27-10-6-5-9-20(27)25-19/h3-4,7-8,12,16H,5-6,9-11,13H2,1-2H3,(H,26,29)/t16-/m0/s1. The van der Waals surface area contributed by atoms with Crippen LogP contribution in [0, 0.1) is 13.8 Å². The van der Waals surface area contributed by atoms with Gasteiger partial charge in [-0.05, 0) is 32.8 Å². The van der Waals surface area contributed by atoms with E-state index in [2.05, 4.69) is 21.1 Å². The summed E-state index contributed by atoms with van der Waals surface area (Å²) < 4.78 is 3.90. The Morgan fingerprint density at radius 1 is 1.23 bits per heavy atom. The van der Waals surface area contributed by atoms with Crippen molar-refractivity contribution in [2.45, 2.75) is 57.3 Å². The lowest BCUT2D eigenvalue weighted by molar-refractivity contribution is -0.116. The third-order valence-electron chi connectivity index (χ3n) is 6.13. The van der Waals surface area contributed by atoms with Gasteiger partial charge in [-0.1, -0.05) is 30.0 Å². The maximum atomic E-state index is 12.9. The molecule has 160 valence electrons. The molecule has 1 N–H and O–H groups in total. The van der Waals surface area contributed by atoms with E-state index >= 15 is 0 Å². The topological polar surface area (TPSA) is 81.8 Å².